The molecule has 88 valence electrons. The third-order valence-electron chi connectivity index (χ3n) is 2.10. The lowest BCUT2D eigenvalue weighted by atomic mass is 10.4. The summed E-state index contributed by atoms with van der Waals surface area (Å²) in [4.78, 5) is 10.6. The Morgan fingerprint density at radius 1 is 1.38 bits per heavy atom. The Labute approximate surface area is 94.0 Å². The van der Waals surface area contributed by atoms with Crippen molar-refractivity contribution in [2.24, 2.45) is 0 Å². The molecule has 1 atom stereocenters. The molecule has 1 rings (SSSR count). The first-order chi connectivity index (χ1) is 7.48. The standard InChI is InChI=1S/C10H13NO4S/c1-2-9(11-10(12)13)16(14,15)8-6-4-3-5-7-8/h3-7,9,11H,2H2,1H3,(H,12,13). The second kappa shape index (κ2) is 4.98. The van der Waals surface area contributed by atoms with Crippen molar-refractivity contribution in [3.63, 3.8) is 0 Å². The molecule has 6 heteroatoms. The van der Waals surface area contributed by atoms with Crippen LogP contribution in [0.2, 0.25) is 0 Å². The number of hydrogen-bond acceptors (Lipinski definition) is 3. The number of amides is 1. The van der Waals surface area contributed by atoms with Crippen LogP contribution in [0.4, 0.5) is 4.79 Å². The average molecular weight is 243 g/mol. The number of sulfone groups is 1. The maximum Gasteiger partial charge on any atom is 0.405 e. The largest absolute Gasteiger partial charge is 0.465 e. The molecule has 5 nitrogen and oxygen atoms in total. The topological polar surface area (TPSA) is 83.5 Å². The van der Waals surface area contributed by atoms with E-state index < -0.39 is 21.3 Å². The molecule has 1 aromatic rings. The van der Waals surface area contributed by atoms with Gasteiger partial charge in [0.25, 0.3) is 0 Å². The van der Waals surface area contributed by atoms with Crippen LogP contribution in [0, 0.1) is 0 Å². The van der Waals surface area contributed by atoms with Gasteiger partial charge in [-0.1, -0.05) is 25.1 Å². The number of carbonyl (C=O) groups is 1. The fourth-order valence-electron chi connectivity index (χ4n) is 1.31. The number of carboxylic acid groups (broad SMARTS) is 1. The van der Waals surface area contributed by atoms with Crippen LogP contribution >= 0.6 is 0 Å². The molecule has 1 aromatic carbocycles. The first kappa shape index (κ1) is 12.5. The number of benzene rings is 1. The molecule has 0 aliphatic carbocycles. The van der Waals surface area contributed by atoms with E-state index in [1.807, 2.05) is 5.32 Å². The highest BCUT2D eigenvalue weighted by molar-refractivity contribution is 7.92. The SMILES string of the molecule is CCC(NC(=O)O)S(=O)(=O)c1ccccc1. The van der Waals surface area contributed by atoms with Crippen molar-refractivity contribution in [1.29, 1.82) is 0 Å². The number of rotatable bonds is 4. The molecule has 0 saturated carbocycles. The monoisotopic (exact) mass is 243 g/mol. The molecule has 0 saturated heterocycles. The molecule has 0 aromatic heterocycles. The highest BCUT2D eigenvalue weighted by atomic mass is 32.2. The average Bonchev–Trinajstić information content (AvgIpc) is 2.26. The Bertz CT molecular complexity index is 455. The van der Waals surface area contributed by atoms with E-state index >= 15 is 0 Å². The van der Waals surface area contributed by atoms with Crippen LogP contribution < -0.4 is 5.32 Å². The zero-order valence-corrected chi connectivity index (χ0v) is 9.57. The maximum absolute atomic E-state index is 12.0. The summed E-state index contributed by atoms with van der Waals surface area (Å²) < 4.78 is 23.9. The Balaban J connectivity index is 3.05. The summed E-state index contributed by atoms with van der Waals surface area (Å²) in [7, 11) is -3.64. The van der Waals surface area contributed by atoms with Gasteiger partial charge < -0.3 is 10.4 Å². The van der Waals surface area contributed by atoms with Gasteiger partial charge in [0, 0.05) is 0 Å². The quantitative estimate of drug-likeness (QED) is 0.838. The predicted octanol–water partition coefficient (Wildman–Crippen LogP) is 1.46. The lowest BCUT2D eigenvalue weighted by molar-refractivity contribution is 0.193. The van der Waals surface area contributed by atoms with Crippen LogP contribution in [0.25, 0.3) is 0 Å². The molecule has 0 aliphatic heterocycles. The highest BCUT2D eigenvalue weighted by Crippen LogP contribution is 2.16. The lowest BCUT2D eigenvalue weighted by Crippen LogP contribution is -2.39. The molecule has 1 amide bonds. The minimum Gasteiger partial charge on any atom is -0.465 e. The molecular weight excluding hydrogens is 230 g/mol. The van der Waals surface area contributed by atoms with Gasteiger partial charge >= 0.3 is 6.09 Å². The third kappa shape index (κ3) is 2.73. The zero-order chi connectivity index (χ0) is 12.2. The molecule has 16 heavy (non-hydrogen) atoms. The van der Waals surface area contributed by atoms with Crippen LogP contribution in [0.5, 0.6) is 0 Å². The highest BCUT2D eigenvalue weighted by Gasteiger charge is 2.26. The molecule has 2 N–H and O–H groups in total. The molecule has 0 fully saturated rings. The van der Waals surface area contributed by atoms with Crippen molar-refractivity contribution in [2.75, 3.05) is 0 Å². The smallest absolute Gasteiger partial charge is 0.405 e. The summed E-state index contributed by atoms with van der Waals surface area (Å²) in [5.41, 5.74) is 0. The Morgan fingerprint density at radius 3 is 2.38 bits per heavy atom. The van der Waals surface area contributed by atoms with Crippen LogP contribution in [-0.2, 0) is 9.84 Å². The van der Waals surface area contributed by atoms with Gasteiger partial charge in [0.15, 0.2) is 9.84 Å². The second-order valence-corrected chi connectivity index (χ2v) is 5.33. The summed E-state index contributed by atoms with van der Waals surface area (Å²) in [6.45, 7) is 1.61. The van der Waals surface area contributed by atoms with E-state index in [-0.39, 0.29) is 11.3 Å². The lowest BCUT2D eigenvalue weighted by Gasteiger charge is -2.15. The van der Waals surface area contributed by atoms with E-state index in [1.54, 1.807) is 25.1 Å². The molecule has 0 radical (unpaired) electrons. The van der Waals surface area contributed by atoms with E-state index in [1.165, 1.54) is 12.1 Å². The fourth-order valence-corrected chi connectivity index (χ4v) is 2.87. The molecule has 0 aliphatic rings. The van der Waals surface area contributed by atoms with Gasteiger partial charge in [-0.05, 0) is 18.6 Å². The number of nitrogens with one attached hydrogen (secondary N) is 1. The minimum absolute atomic E-state index is 0.121. The second-order valence-electron chi connectivity index (χ2n) is 3.20. The fraction of sp³-hybridized carbons (Fsp3) is 0.300. The molecule has 0 bridgehead atoms. The van der Waals surface area contributed by atoms with Crippen LogP contribution in [0.3, 0.4) is 0 Å². The normalized spacial score (nSPS) is 13.1. The first-order valence-corrected chi connectivity index (χ1v) is 6.31. The molecular formula is C10H13NO4S. The van der Waals surface area contributed by atoms with Crippen molar-refractivity contribution in [1.82, 2.24) is 5.32 Å². The zero-order valence-electron chi connectivity index (χ0n) is 8.75. The summed E-state index contributed by atoms with van der Waals surface area (Å²) in [6, 6.07) is 7.79. The van der Waals surface area contributed by atoms with E-state index in [9.17, 15) is 13.2 Å². The summed E-state index contributed by atoms with van der Waals surface area (Å²) >= 11 is 0. The maximum atomic E-state index is 12.0. The van der Waals surface area contributed by atoms with E-state index in [0.717, 1.165) is 0 Å². The van der Waals surface area contributed by atoms with Crippen molar-refractivity contribution < 1.29 is 18.3 Å². The van der Waals surface area contributed by atoms with Gasteiger partial charge in [0.2, 0.25) is 0 Å². The van der Waals surface area contributed by atoms with Gasteiger partial charge in [0.1, 0.15) is 5.37 Å². The van der Waals surface area contributed by atoms with Gasteiger partial charge in [0.05, 0.1) is 4.90 Å². The number of hydrogen-bond donors (Lipinski definition) is 2. The van der Waals surface area contributed by atoms with E-state index in [2.05, 4.69) is 0 Å². The van der Waals surface area contributed by atoms with Gasteiger partial charge in [-0.25, -0.2) is 13.2 Å². The Morgan fingerprint density at radius 2 is 1.94 bits per heavy atom. The molecule has 1 unspecified atom stereocenters. The predicted molar refractivity (Wildman–Crippen MR) is 58.9 cm³/mol. The van der Waals surface area contributed by atoms with Crippen LogP contribution in [0.1, 0.15) is 13.3 Å². The van der Waals surface area contributed by atoms with Crippen molar-refractivity contribution in [2.45, 2.75) is 23.6 Å². The summed E-state index contributed by atoms with van der Waals surface area (Å²) in [5, 5.41) is 9.44. The van der Waals surface area contributed by atoms with Crippen LogP contribution in [0.15, 0.2) is 35.2 Å². The van der Waals surface area contributed by atoms with E-state index in [0.29, 0.717) is 0 Å². The minimum atomic E-state index is -3.64. The molecule has 0 heterocycles. The van der Waals surface area contributed by atoms with Crippen molar-refractivity contribution in [3.05, 3.63) is 30.3 Å². The summed E-state index contributed by atoms with van der Waals surface area (Å²) in [5.74, 6) is 0. The third-order valence-corrected chi connectivity index (χ3v) is 4.23. The van der Waals surface area contributed by atoms with Gasteiger partial charge in [-0.15, -0.1) is 0 Å². The van der Waals surface area contributed by atoms with Crippen LogP contribution in [-0.4, -0.2) is 25.0 Å². The Hall–Kier alpha value is -1.56. The van der Waals surface area contributed by atoms with Gasteiger partial charge in [-0.3, -0.25) is 0 Å². The molecule has 0 spiro atoms. The van der Waals surface area contributed by atoms with Crippen molar-refractivity contribution in [3.8, 4) is 0 Å². The van der Waals surface area contributed by atoms with Gasteiger partial charge in [-0.2, -0.15) is 0 Å². The summed E-state index contributed by atoms with van der Waals surface area (Å²) in [6.07, 6.45) is -1.16. The first-order valence-electron chi connectivity index (χ1n) is 4.77. The Kier molecular flexibility index (Phi) is 3.89. The van der Waals surface area contributed by atoms with E-state index in [4.69, 9.17) is 5.11 Å². The van der Waals surface area contributed by atoms with Crippen molar-refractivity contribution >= 4 is 15.9 Å².